The van der Waals surface area contributed by atoms with Gasteiger partial charge in [-0.1, -0.05) is 41.5 Å². The van der Waals surface area contributed by atoms with Gasteiger partial charge in [-0.2, -0.15) is 0 Å². The number of hydrogen-bond donors (Lipinski definition) is 0. The molecule has 3 heteroatoms. The van der Waals surface area contributed by atoms with Crippen molar-refractivity contribution in [3.63, 3.8) is 0 Å². The summed E-state index contributed by atoms with van der Waals surface area (Å²) in [6, 6.07) is 0. The van der Waals surface area contributed by atoms with E-state index in [0.29, 0.717) is 23.0 Å². The van der Waals surface area contributed by atoms with Crippen LogP contribution in [-0.2, 0) is 9.22 Å². The standard InChI is InChI=1S/C16H30O2Si/c1-12(2)19(13(3)4,14(5)6)18-16-10-8-7-9-15(17)11-16/h11-14H,7-10H2,1-6H3. The molecule has 19 heavy (non-hydrogen) atoms. The van der Waals surface area contributed by atoms with Gasteiger partial charge in [0.2, 0.25) is 0 Å². The highest BCUT2D eigenvalue weighted by molar-refractivity contribution is 6.77. The Bertz CT molecular complexity index is 321. The highest BCUT2D eigenvalue weighted by Gasteiger charge is 2.47. The lowest BCUT2D eigenvalue weighted by Gasteiger charge is -2.42. The molecular weight excluding hydrogens is 252 g/mol. The van der Waals surface area contributed by atoms with Crippen LogP contribution in [0.2, 0.25) is 16.6 Å². The normalized spacial score (nSPS) is 17.9. The van der Waals surface area contributed by atoms with E-state index in [1.165, 1.54) is 0 Å². The minimum absolute atomic E-state index is 0.242. The summed E-state index contributed by atoms with van der Waals surface area (Å²) >= 11 is 0. The molecule has 0 amide bonds. The number of carbonyl (C=O) groups excluding carboxylic acids is 1. The maximum Gasteiger partial charge on any atom is 0.258 e. The van der Waals surface area contributed by atoms with Gasteiger partial charge in [-0.05, 0) is 29.5 Å². The minimum Gasteiger partial charge on any atom is -0.546 e. The third-order valence-electron chi connectivity index (χ3n) is 4.43. The van der Waals surface area contributed by atoms with Gasteiger partial charge in [0.05, 0.1) is 5.76 Å². The van der Waals surface area contributed by atoms with E-state index >= 15 is 0 Å². The second kappa shape index (κ2) is 6.73. The van der Waals surface area contributed by atoms with Crippen molar-refractivity contribution < 1.29 is 9.22 Å². The zero-order valence-electron chi connectivity index (χ0n) is 13.5. The lowest BCUT2D eigenvalue weighted by atomic mass is 10.2. The van der Waals surface area contributed by atoms with E-state index < -0.39 is 8.32 Å². The fourth-order valence-electron chi connectivity index (χ4n) is 3.58. The van der Waals surface area contributed by atoms with Crippen LogP contribution in [0.15, 0.2) is 11.8 Å². The first-order valence-electron chi connectivity index (χ1n) is 7.73. The van der Waals surface area contributed by atoms with Crippen molar-refractivity contribution in [2.45, 2.75) is 83.8 Å². The molecule has 0 bridgehead atoms. The average Bonchev–Trinajstić information content (AvgIpc) is 2.48. The van der Waals surface area contributed by atoms with Crippen LogP contribution < -0.4 is 0 Å². The summed E-state index contributed by atoms with van der Waals surface area (Å²) in [4.78, 5) is 11.7. The van der Waals surface area contributed by atoms with E-state index in [-0.39, 0.29) is 5.78 Å². The van der Waals surface area contributed by atoms with Crippen LogP contribution in [0.4, 0.5) is 0 Å². The molecule has 1 rings (SSSR count). The predicted molar refractivity (Wildman–Crippen MR) is 83.7 cm³/mol. The van der Waals surface area contributed by atoms with Gasteiger partial charge < -0.3 is 4.43 Å². The highest BCUT2D eigenvalue weighted by atomic mass is 28.4. The summed E-state index contributed by atoms with van der Waals surface area (Å²) in [6.07, 6.45) is 5.49. The molecule has 0 aromatic rings. The molecule has 0 heterocycles. The van der Waals surface area contributed by atoms with Crippen molar-refractivity contribution in [2.75, 3.05) is 0 Å². The van der Waals surface area contributed by atoms with Crippen LogP contribution in [0.5, 0.6) is 0 Å². The first kappa shape index (κ1) is 16.5. The minimum atomic E-state index is -1.89. The molecule has 0 fully saturated rings. The average molecular weight is 282 g/mol. The Morgan fingerprint density at radius 2 is 1.42 bits per heavy atom. The third-order valence-corrected chi connectivity index (χ3v) is 10.5. The molecular formula is C16H30O2Si. The quantitative estimate of drug-likeness (QED) is 0.647. The second-order valence-electron chi connectivity index (χ2n) is 6.70. The third kappa shape index (κ3) is 3.71. The molecule has 0 saturated heterocycles. The largest absolute Gasteiger partial charge is 0.546 e. The molecule has 0 aliphatic heterocycles. The predicted octanol–water partition coefficient (Wildman–Crippen LogP) is 5.21. The Morgan fingerprint density at radius 3 is 1.89 bits per heavy atom. The van der Waals surface area contributed by atoms with E-state index in [9.17, 15) is 4.79 Å². The zero-order valence-corrected chi connectivity index (χ0v) is 14.5. The fraction of sp³-hybridized carbons (Fsp3) is 0.812. The second-order valence-corrected chi connectivity index (χ2v) is 12.1. The van der Waals surface area contributed by atoms with Gasteiger partial charge in [-0.3, -0.25) is 4.79 Å². The highest BCUT2D eigenvalue weighted by Crippen LogP contribution is 2.44. The molecule has 110 valence electrons. The monoisotopic (exact) mass is 282 g/mol. The Labute approximate surface area is 119 Å². The summed E-state index contributed by atoms with van der Waals surface area (Å²) in [7, 11) is -1.89. The van der Waals surface area contributed by atoms with E-state index in [2.05, 4.69) is 41.5 Å². The van der Waals surface area contributed by atoms with Gasteiger partial charge in [-0.25, -0.2) is 0 Å². The lowest BCUT2D eigenvalue weighted by Crippen LogP contribution is -2.47. The van der Waals surface area contributed by atoms with Gasteiger partial charge in [0, 0.05) is 18.9 Å². The van der Waals surface area contributed by atoms with Crippen LogP contribution >= 0.6 is 0 Å². The fourth-order valence-corrected chi connectivity index (χ4v) is 8.91. The van der Waals surface area contributed by atoms with E-state index in [4.69, 9.17) is 4.43 Å². The van der Waals surface area contributed by atoms with E-state index in [0.717, 1.165) is 25.0 Å². The van der Waals surface area contributed by atoms with Crippen molar-refractivity contribution in [3.8, 4) is 0 Å². The number of carbonyl (C=O) groups is 1. The van der Waals surface area contributed by atoms with Crippen molar-refractivity contribution in [3.05, 3.63) is 11.8 Å². The number of ketones is 1. The summed E-state index contributed by atoms with van der Waals surface area (Å²) in [5.41, 5.74) is 1.69. The Kier molecular flexibility index (Phi) is 5.84. The van der Waals surface area contributed by atoms with Crippen LogP contribution in [0.25, 0.3) is 0 Å². The van der Waals surface area contributed by atoms with Gasteiger partial charge in [0.15, 0.2) is 5.78 Å². The SMILES string of the molecule is CC(C)[Si](OC1=CC(=O)CCCC1)(C(C)C)C(C)C. The smallest absolute Gasteiger partial charge is 0.258 e. The van der Waals surface area contributed by atoms with Crippen molar-refractivity contribution in [2.24, 2.45) is 0 Å². The Morgan fingerprint density at radius 1 is 0.947 bits per heavy atom. The van der Waals surface area contributed by atoms with Crippen LogP contribution in [0.1, 0.15) is 67.2 Å². The van der Waals surface area contributed by atoms with Crippen molar-refractivity contribution in [1.82, 2.24) is 0 Å². The molecule has 2 nitrogen and oxygen atoms in total. The molecule has 0 aromatic heterocycles. The maximum absolute atomic E-state index is 11.7. The molecule has 1 aliphatic rings. The van der Waals surface area contributed by atoms with Gasteiger partial charge in [0.1, 0.15) is 0 Å². The molecule has 0 N–H and O–H groups in total. The molecule has 0 spiro atoms. The lowest BCUT2D eigenvalue weighted by molar-refractivity contribution is -0.114. The molecule has 0 atom stereocenters. The number of hydrogen-bond acceptors (Lipinski definition) is 2. The topological polar surface area (TPSA) is 26.3 Å². The molecule has 0 unspecified atom stereocenters. The first-order valence-corrected chi connectivity index (χ1v) is 9.87. The van der Waals surface area contributed by atoms with E-state index in [1.807, 2.05) is 0 Å². The summed E-state index contributed by atoms with van der Waals surface area (Å²) in [5, 5.41) is 0. The Balaban J connectivity index is 3.03. The van der Waals surface area contributed by atoms with Gasteiger partial charge in [-0.15, -0.1) is 0 Å². The summed E-state index contributed by atoms with van der Waals surface area (Å²) in [5.74, 6) is 1.21. The van der Waals surface area contributed by atoms with E-state index in [1.54, 1.807) is 6.08 Å². The van der Waals surface area contributed by atoms with Crippen molar-refractivity contribution >= 4 is 14.1 Å². The van der Waals surface area contributed by atoms with Gasteiger partial charge in [0.25, 0.3) is 8.32 Å². The summed E-state index contributed by atoms with van der Waals surface area (Å²) in [6.45, 7) is 13.7. The molecule has 0 saturated carbocycles. The molecule has 0 aromatic carbocycles. The number of allylic oxidation sites excluding steroid dienone is 2. The number of rotatable bonds is 5. The molecule has 0 radical (unpaired) electrons. The first-order chi connectivity index (χ1) is 8.80. The van der Waals surface area contributed by atoms with Crippen LogP contribution in [0, 0.1) is 0 Å². The maximum atomic E-state index is 11.7. The summed E-state index contributed by atoms with van der Waals surface area (Å²) < 4.78 is 6.59. The van der Waals surface area contributed by atoms with Crippen LogP contribution in [0.3, 0.4) is 0 Å². The molecule has 1 aliphatic carbocycles. The Hall–Kier alpha value is -0.573. The zero-order chi connectivity index (χ0) is 14.6. The van der Waals surface area contributed by atoms with Gasteiger partial charge >= 0.3 is 0 Å². The van der Waals surface area contributed by atoms with Crippen molar-refractivity contribution in [1.29, 1.82) is 0 Å². The van der Waals surface area contributed by atoms with Crippen LogP contribution in [-0.4, -0.2) is 14.1 Å².